The third-order valence-corrected chi connectivity index (χ3v) is 4.05. The van der Waals surface area contributed by atoms with E-state index in [0.717, 1.165) is 6.54 Å². The highest BCUT2D eigenvalue weighted by atomic mass is 16.1. The SMILES string of the molecule is CCNC(=O)CCNC(C)c1ccc2c(c1)CCCC2. The van der Waals surface area contributed by atoms with Crippen LogP contribution in [0.15, 0.2) is 18.2 Å². The molecule has 20 heavy (non-hydrogen) atoms. The van der Waals surface area contributed by atoms with Crippen LogP contribution in [0.4, 0.5) is 0 Å². The number of hydrogen-bond acceptors (Lipinski definition) is 2. The molecule has 0 aromatic heterocycles. The van der Waals surface area contributed by atoms with Crippen LogP contribution >= 0.6 is 0 Å². The Morgan fingerprint density at radius 2 is 2.00 bits per heavy atom. The lowest BCUT2D eigenvalue weighted by atomic mass is 9.89. The van der Waals surface area contributed by atoms with Crippen molar-refractivity contribution in [2.24, 2.45) is 0 Å². The molecule has 3 heteroatoms. The van der Waals surface area contributed by atoms with Gasteiger partial charge in [-0.2, -0.15) is 0 Å². The van der Waals surface area contributed by atoms with Crippen LogP contribution in [0.1, 0.15) is 55.8 Å². The van der Waals surface area contributed by atoms with E-state index in [-0.39, 0.29) is 5.91 Å². The Labute approximate surface area is 122 Å². The zero-order valence-electron chi connectivity index (χ0n) is 12.7. The largest absolute Gasteiger partial charge is 0.356 e. The van der Waals surface area contributed by atoms with Crippen molar-refractivity contribution in [3.63, 3.8) is 0 Å². The fourth-order valence-electron chi connectivity index (χ4n) is 2.83. The van der Waals surface area contributed by atoms with Gasteiger partial charge in [0.2, 0.25) is 5.91 Å². The van der Waals surface area contributed by atoms with Crippen molar-refractivity contribution in [3.05, 3.63) is 34.9 Å². The summed E-state index contributed by atoms with van der Waals surface area (Å²) in [6, 6.07) is 7.16. The van der Waals surface area contributed by atoms with Crippen molar-refractivity contribution in [2.75, 3.05) is 13.1 Å². The molecule has 1 atom stereocenters. The highest BCUT2D eigenvalue weighted by Crippen LogP contribution is 2.24. The maximum Gasteiger partial charge on any atom is 0.221 e. The first-order valence-electron chi connectivity index (χ1n) is 7.82. The van der Waals surface area contributed by atoms with Crippen LogP contribution in [-0.2, 0) is 17.6 Å². The van der Waals surface area contributed by atoms with Gasteiger partial charge in [0.15, 0.2) is 0 Å². The fourth-order valence-corrected chi connectivity index (χ4v) is 2.83. The molecule has 1 aliphatic carbocycles. The number of fused-ring (bicyclic) bond motifs is 1. The molecule has 1 unspecified atom stereocenters. The predicted molar refractivity (Wildman–Crippen MR) is 82.8 cm³/mol. The van der Waals surface area contributed by atoms with Crippen LogP contribution in [0.2, 0.25) is 0 Å². The molecule has 3 nitrogen and oxygen atoms in total. The Morgan fingerprint density at radius 3 is 2.75 bits per heavy atom. The van der Waals surface area contributed by atoms with Gasteiger partial charge < -0.3 is 10.6 Å². The molecular formula is C17H26N2O. The summed E-state index contributed by atoms with van der Waals surface area (Å²) in [6.45, 7) is 5.55. The summed E-state index contributed by atoms with van der Waals surface area (Å²) in [6.07, 6.45) is 5.63. The number of hydrogen-bond donors (Lipinski definition) is 2. The molecule has 2 rings (SSSR count). The molecule has 1 amide bonds. The van der Waals surface area contributed by atoms with Gasteiger partial charge in [-0.15, -0.1) is 0 Å². The van der Waals surface area contributed by atoms with Crippen LogP contribution in [0.5, 0.6) is 0 Å². The Morgan fingerprint density at radius 1 is 1.25 bits per heavy atom. The monoisotopic (exact) mass is 274 g/mol. The van der Waals surface area contributed by atoms with Crippen molar-refractivity contribution in [1.29, 1.82) is 0 Å². The zero-order valence-corrected chi connectivity index (χ0v) is 12.7. The zero-order chi connectivity index (χ0) is 14.4. The van der Waals surface area contributed by atoms with Crippen LogP contribution in [-0.4, -0.2) is 19.0 Å². The molecule has 110 valence electrons. The van der Waals surface area contributed by atoms with Crippen molar-refractivity contribution < 1.29 is 4.79 Å². The van der Waals surface area contributed by atoms with E-state index in [4.69, 9.17) is 0 Å². The van der Waals surface area contributed by atoms with Crippen molar-refractivity contribution in [3.8, 4) is 0 Å². The van der Waals surface area contributed by atoms with Crippen molar-refractivity contribution >= 4 is 5.91 Å². The number of rotatable bonds is 6. The smallest absolute Gasteiger partial charge is 0.221 e. The first kappa shape index (κ1) is 15.0. The minimum absolute atomic E-state index is 0.123. The van der Waals surface area contributed by atoms with Crippen LogP contribution in [0, 0.1) is 0 Å². The van der Waals surface area contributed by atoms with E-state index in [1.54, 1.807) is 0 Å². The van der Waals surface area contributed by atoms with Crippen LogP contribution < -0.4 is 10.6 Å². The van der Waals surface area contributed by atoms with Gasteiger partial charge >= 0.3 is 0 Å². The van der Waals surface area contributed by atoms with Crippen molar-refractivity contribution in [1.82, 2.24) is 10.6 Å². The Hall–Kier alpha value is -1.35. The second-order valence-electron chi connectivity index (χ2n) is 5.61. The summed E-state index contributed by atoms with van der Waals surface area (Å²) < 4.78 is 0. The minimum atomic E-state index is 0.123. The molecule has 1 aliphatic rings. The summed E-state index contributed by atoms with van der Waals surface area (Å²) in [4.78, 5) is 11.4. The lowest BCUT2D eigenvalue weighted by molar-refractivity contribution is -0.120. The molecule has 0 saturated heterocycles. The van der Waals surface area contributed by atoms with E-state index in [2.05, 4.69) is 35.8 Å². The molecule has 0 radical (unpaired) electrons. The van der Waals surface area contributed by atoms with Gasteiger partial charge in [-0.1, -0.05) is 18.2 Å². The molecule has 0 bridgehead atoms. The summed E-state index contributed by atoms with van der Waals surface area (Å²) in [7, 11) is 0. The summed E-state index contributed by atoms with van der Waals surface area (Å²) >= 11 is 0. The molecule has 0 aliphatic heterocycles. The molecule has 2 N–H and O–H groups in total. The summed E-state index contributed by atoms with van der Waals surface area (Å²) in [5.74, 6) is 0.123. The fraction of sp³-hybridized carbons (Fsp3) is 0.588. The average Bonchev–Trinajstić information content (AvgIpc) is 2.47. The standard InChI is InChI=1S/C17H26N2O/c1-3-18-17(20)10-11-19-13(2)15-9-8-14-6-4-5-7-16(14)12-15/h8-9,12-13,19H,3-7,10-11H2,1-2H3,(H,18,20). The van der Waals surface area contributed by atoms with Gasteiger partial charge in [-0.3, -0.25) is 4.79 Å². The predicted octanol–water partition coefficient (Wildman–Crippen LogP) is 2.74. The summed E-state index contributed by atoms with van der Waals surface area (Å²) in [5.41, 5.74) is 4.38. The van der Waals surface area contributed by atoms with E-state index >= 15 is 0 Å². The first-order valence-corrected chi connectivity index (χ1v) is 7.82. The number of carbonyl (C=O) groups is 1. The number of aryl methyl sites for hydroxylation is 2. The quantitative estimate of drug-likeness (QED) is 0.837. The normalized spacial score (nSPS) is 15.5. The Kier molecular flexibility index (Phi) is 5.60. The second kappa shape index (κ2) is 7.44. The van der Waals surface area contributed by atoms with Gasteiger partial charge in [-0.05, 0) is 56.2 Å². The molecule has 0 fully saturated rings. The molecule has 0 saturated carbocycles. The number of carbonyl (C=O) groups excluding carboxylic acids is 1. The maximum atomic E-state index is 11.4. The van der Waals surface area contributed by atoms with Crippen LogP contribution in [0.3, 0.4) is 0 Å². The summed E-state index contributed by atoms with van der Waals surface area (Å²) in [5, 5.41) is 6.26. The van der Waals surface area contributed by atoms with Gasteiger partial charge in [0, 0.05) is 25.6 Å². The highest BCUT2D eigenvalue weighted by molar-refractivity contribution is 5.75. The Bertz CT molecular complexity index is 456. The van der Waals surface area contributed by atoms with Gasteiger partial charge in [-0.25, -0.2) is 0 Å². The van der Waals surface area contributed by atoms with Gasteiger partial charge in [0.25, 0.3) is 0 Å². The van der Waals surface area contributed by atoms with Gasteiger partial charge in [0.05, 0.1) is 0 Å². The maximum absolute atomic E-state index is 11.4. The highest BCUT2D eigenvalue weighted by Gasteiger charge is 2.12. The molecule has 1 aromatic rings. The molecular weight excluding hydrogens is 248 g/mol. The number of benzene rings is 1. The third kappa shape index (κ3) is 4.07. The van der Waals surface area contributed by atoms with E-state index in [1.165, 1.54) is 42.4 Å². The van der Waals surface area contributed by atoms with E-state index < -0.39 is 0 Å². The third-order valence-electron chi connectivity index (χ3n) is 4.05. The van der Waals surface area contributed by atoms with Crippen LogP contribution in [0.25, 0.3) is 0 Å². The lowest BCUT2D eigenvalue weighted by Gasteiger charge is -2.20. The van der Waals surface area contributed by atoms with E-state index in [9.17, 15) is 4.79 Å². The molecule has 0 spiro atoms. The van der Waals surface area contributed by atoms with E-state index in [0.29, 0.717) is 19.0 Å². The molecule has 1 aromatic carbocycles. The van der Waals surface area contributed by atoms with E-state index in [1.807, 2.05) is 6.92 Å². The average molecular weight is 274 g/mol. The first-order chi connectivity index (χ1) is 9.70. The Balaban J connectivity index is 1.86. The number of amides is 1. The van der Waals surface area contributed by atoms with Gasteiger partial charge in [0.1, 0.15) is 0 Å². The number of nitrogens with one attached hydrogen (secondary N) is 2. The lowest BCUT2D eigenvalue weighted by Crippen LogP contribution is -2.28. The molecule has 0 heterocycles. The minimum Gasteiger partial charge on any atom is -0.356 e. The second-order valence-corrected chi connectivity index (χ2v) is 5.61. The topological polar surface area (TPSA) is 41.1 Å². The van der Waals surface area contributed by atoms with Crippen molar-refractivity contribution in [2.45, 2.75) is 52.0 Å².